The van der Waals surface area contributed by atoms with Gasteiger partial charge in [0.1, 0.15) is 18.0 Å². The zero-order valence-electron chi connectivity index (χ0n) is 11.6. The van der Waals surface area contributed by atoms with Crippen molar-refractivity contribution in [3.63, 3.8) is 0 Å². The second-order valence-corrected chi connectivity index (χ2v) is 5.44. The number of hydrogen-bond acceptors (Lipinski definition) is 5. The lowest BCUT2D eigenvalue weighted by molar-refractivity contribution is 0.116. The Morgan fingerprint density at radius 1 is 1.32 bits per heavy atom. The van der Waals surface area contributed by atoms with Crippen LogP contribution in [0, 0.1) is 0 Å². The normalized spacial score (nSPS) is 23.0. The lowest BCUT2D eigenvalue weighted by Crippen LogP contribution is -2.29. The van der Waals surface area contributed by atoms with Gasteiger partial charge >= 0.3 is 0 Å². The lowest BCUT2D eigenvalue weighted by Gasteiger charge is -2.23. The average molecular weight is 262 g/mol. The Kier molecular flexibility index (Phi) is 3.82. The predicted molar refractivity (Wildman–Crippen MR) is 75.7 cm³/mol. The Morgan fingerprint density at radius 3 is 2.89 bits per heavy atom. The third-order valence-electron chi connectivity index (χ3n) is 3.96. The molecule has 0 bridgehead atoms. The molecular formula is C14H22N4O. The highest BCUT2D eigenvalue weighted by atomic mass is 16.5. The van der Waals surface area contributed by atoms with E-state index < -0.39 is 0 Å². The molecule has 5 heteroatoms. The molecule has 104 valence electrons. The summed E-state index contributed by atoms with van der Waals surface area (Å²) in [4.78, 5) is 13.3. The zero-order chi connectivity index (χ0) is 13.1. The smallest absolute Gasteiger partial charge is 0.134 e. The second kappa shape index (κ2) is 5.74. The molecule has 1 aromatic heterocycles. The first-order valence-electron chi connectivity index (χ1n) is 7.22. The summed E-state index contributed by atoms with van der Waals surface area (Å²) in [5, 5.41) is 0. The number of aromatic nitrogens is 2. The number of nitrogens with zero attached hydrogens (tertiary/aromatic N) is 4. The van der Waals surface area contributed by atoms with E-state index >= 15 is 0 Å². The van der Waals surface area contributed by atoms with Crippen LogP contribution in [0.15, 0.2) is 12.4 Å². The lowest BCUT2D eigenvalue weighted by atomic mass is 10.2. The fraction of sp³-hybridized carbons (Fsp3) is 0.714. The molecule has 5 nitrogen and oxygen atoms in total. The van der Waals surface area contributed by atoms with E-state index in [-0.39, 0.29) is 0 Å². The van der Waals surface area contributed by atoms with Crippen molar-refractivity contribution in [2.75, 3.05) is 43.1 Å². The summed E-state index contributed by atoms with van der Waals surface area (Å²) < 4.78 is 5.68. The van der Waals surface area contributed by atoms with Gasteiger partial charge in [-0.15, -0.1) is 0 Å². The molecule has 0 spiro atoms. The number of rotatable bonds is 4. The van der Waals surface area contributed by atoms with E-state index in [0.29, 0.717) is 6.10 Å². The Balaban J connectivity index is 1.67. The van der Waals surface area contributed by atoms with Gasteiger partial charge in [0.2, 0.25) is 0 Å². The molecular weight excluding hydrogens is 240 g/mol. The molecule has 2 saturated heterocycles. The highest BCUT2D eigenvalue weighted by Gasteiger charge is 2.19. The third kappa shape index (κ3) is 2.97. The molecule has 19 heavy (non-hydrogen) atoms. The Hall–Kier alpha value is -1.36. The molecule has 0 saturated carbocycles. The van der Waals surface area contributed by atoms with E-state index in [1.165, 1.54) is 19.3 Å². The molecule has 0 amide bonds. The molecule has 3 heterocycles. The summed E-state index contributed by atoms with van der Waals surface area (Å²) in [5.41, 5.74) is 0. The molecule has 2 aliphatic rings. The molecule has 0 N–H and O–H groups in total. The van der Waals surface area contributed by atoms with Crippen LogP contribution in [0.2, 0.25) is 0 Å². The van der Waals surface area contributed by atoms with Gasteiger partial charge in [0.15, 0.2) is 0 Å². The first kappa shape index (κ1) is 12.7. The summed E-state index contributed by atoms with van der Waals surface area (Å²) in [6.07, 6.45) is 6.91. The van der Waals surface area contributed by atoms with Crippen LogP contribution in [0.25, 0.3) is 0 Å². The van der Waals surface area contributed by atoms with Crippen LogP contribution in [0.5, 0.6) is 0 Å². The average Bonchev–Trinajstić information content (AvgIpc) is 3.12. The minimum atomic E-state index is 0.357. The van der Waals surface area contributed by atoms with Gasteiger partial charge in [-0.05, 0) is 25.7 Å². The first-order valence-corrected chi connectivity index (χ1v) is 7.22. The van der Waals surface area contributed by atoms with E-state index in [1.807, 2.05) is 0 Å². The van der Waals surface area contributed by atoms with Gasteiger partial charge in [-0.3, -0.25) is 0 Å². The van der Waals surface area contributed by atoms with Gasteiger partial charge in [0.05, 0.1) is 6.10 Å². The SMILES string of the molecule is CN(CC1CCCO1)c1cc(N2CCCC2)ncn1. The first-order chi connectivity index (χ1) is 9.33. The summed E-state index contributed by atoms with van der Waals surface area (Å²) in [7, 11) is 2.08. The van der Waals surface area contributed by atoms with Gasteiger partial charge in [-0.2, -0.15) is 0 Å². The minimum Gasteiger partial charge on any atom is -0.376 e. The van der Waals surface area contributed by atoms with Crippen LogP contribution in [0.4, 0.5) is 11.6 Å². The maximum Gasteiger partial charge on any atom is 0.134 e. The number of ether oxygens (including phenoxy) is 1. The van der Waals surface area contributed by atoms with Crippen molar-refractivity contribution in [1.29, 1.82) is 0 Å². The van der Waals surface area contributed by atoms with Crippen molar-refractivity contribution in [2.24, 2.45) is 0 Å². The van der Waals surface area contributed by atoms with Crippen LogP contribution in [-0.4, -0.2) is 49.4 Å². The number of hydrogen-bond donors (Lipinski definition) is 0. The fourth-order valence-corrected chi connectivity index (χ4v) is 2.85. The van der Waals surface area contributed by atoms with E-state index in [4.69, 9.17) is 4.74 Å². The number of likely N-dealkylation sites (N-methyl/N-ethyl adjacent to an activating group) is 1. The zero-order valence-corrected chi connectivity index (χ0v) is 11.6. The van der Waals surface area contributed by atoms with Crippen molar-refractivity contribution >= 4 is 11.6 Å². The molecule has 2 fully saturated rings. The summed E-state index contributed by atoms with van der Waals surface area (Å²) in [5.74, 6) is 2.05. The molecule has 1 atom stereocenters. The fourth-order valence-electron chi connectivity index (χ4n) is 2.85. The Bertz CT molecular complexity index is 414. The quantitative estimate of drug-likeness (QED) is 0.826. The predicted octanol–water partition coefficient (Wildman–Crippen LogP) is 1.69. The third-order valence-corrected chi connectivity index (χ3v) is 3.96. The maximum absolute atomic E-state index is 5.68. The summed E-state index contributed by atoms with van der Waals surface area (Å²) in [6.45, 7) is 4.05. The van der Waals surface area contributed by atoms with E-state index in [2.05, 4.69) is 32.9 Å². The molecule has 1 unspecified atom stereocenters. The van der Waals surface area contributed by atoms with Crippen LogP contribution in [0.1, 0.15) is 25.7 Å². The topological polar surface area (TPSA) is 41.5 Å². The highest BCUT2D eigenvalue weighted by molar-refractivity contribution is 5.50. The summed E-state index contributed by atoms with van der Waals surface area (Å²) >= 11 is 0. The Labute approximate surface area is 114 Å². The van der Waals surface area contributed by atoms with Gasteiger partial charge < -0.3 is 14.5 Å². The van der Waals surface area contributed by atoms with E-state index in [0.717, 1.165) is 44.3 Å². The van der Waals surface area contributed by atoms with Crippen LogP contribution < -0.4 is 9.80 Å². The van der Waals surface area contributed by atoms with Crippen molar-refractivity contribution in [3.8, 4) is 0 Å². The van der Waals surface area contributed by atoms with Gasteiger partial charge in [-0.25, -0.2) is 9.97 Å². The molecule has 2 aliphatic heterocycles. The Morgan fingerprint density at radius 2 is 2.16 bits per heavy atom. The van der Waals surface area contributed by atoms with Crippen molar-refractivity contribution in [2.45, 2.75) is 31.8 Å². The largest absolute Gasteiger partial charge is 0.376 e. The minimum absolute atomic E-state index is 0.357. The van der Waals surface area contributed by atoms with Gasteiger partial charge in [-0.1, -0.05) is 0 Å². The van der Waals surface area contributed by atoms with Crippen LogP contribution in [0.3, 0.4) is 0 Å². The monoisotopic (exact) mass is 262 g/mol. The van der Waals surface area contributed by atoms with Crippen LogP contribution in [-0.2, 0) is 4.74 Å². The second-order valence-electron chi connectivity index (χ2n) is 5.44. The summed E-state index contributed by atoms with van der Waals surface area (Å²) in [6, 6.07) is 2.10. The van der Waals surface area contributed by atoms with Gasteiger partial charge in [0, 0.05) is 39.4 Å². The van der Waals surface area contributed by atoms with Crippen LogP contribution >= 0.6 is 0 Å². The van der Waals surface area contributed by atoms with E-state index in [1.54, 1.807) is 6.33 Å². The molecule has 1 aromatic rings. The number of anilines is 2. The van der Waals surface area contributed by atoms with Crippen molar-refractivity contribution in [3.05, 3.63) is 12.4 Å². The van der Waals surface area contributed by atoms with Gasteiger partial charge in [0.25, 0.3) is 0 Å². The molecule has 0 aromatic carbocycles. The molecule has 3 rings (SSSR count). The highest BCUT2D eigenvalue weighted by Crippen LogP contribution is 2.22. The molecule has 0 aliphatic carbocycles. The molecule has 0 radical (unpaired) electrons. The van der Waals surface area contributed by atoms with E-state index in [9.17, 15) is 0 Å². The standard InChI is InChI=1S/C14H22N4O/c1-17(10-12-5-4-8-19-12)13-9-14(16-11-15-13)18-6-2-3-7-18/h9,11-12H,2-8,10H2,1H3. The van der Waals surface area contributed by atoms with Crippen molar-refractivity contribution < 1.29 is 4.74 Å². The van der Waals surface area contributed by atoms with Crippen molar-refractivity contribution in [1.82, 2.24) is 9.97 Å². The maximum atomic E-state index is 5.68.